The fraction of sp³-hybridized carbons (Fsp3) is 0.500. The van der Waals surface area contributed by atoms with Crippen molar-refractivity contribution in [2.24, 2.45) is 5.16 Å². The van der Waals surface area contributed by atoms with Crippen LogP contribution in [0, 0.1) is 0 Å². The summed E-state index contributed by atoms with van der Waals surface area (Å²) in [6, 6.07) is 9.96. The van der Waals surface area contributed by atoms with Crippen molar-refractivity contribution in [2.75, 3.05) is 13.1 Å². The zero-order valence-corrected chi connectivity index (χ0v) is 14.2. The van der Waals surface area contributed by atoms with Gasteiger partial charge in [-0.15, -0.1) is 0 Å². The topological polar surface area (TPSA) is 91.2 Å². The van der Waals surface area contributed by atoms with E-state index in [1.807, 2.05) is 42.2 Å². The van der Waals surface area contributed by atoms with Gasteiger partial charge in [-0.3, -0.25) is 14.5 Å². The molecule has 3 rings (SSSR count). The summed E-state index contributed by atoms with van der Waals surface area (Å²) >= 11 is 0. The van der Waals surface area contributed by atoms with Crippen LogP contribution in [0.1, 0.15) is 31.7 Å². The molecular weight excluding hydrogens is 322 g/mol. The Hall–Kier alpha value is -2.41. The molecule has 1 heterocycles. The fourth-order valence-electron chi connectivity index (χ4n) is 3.29. The van der Waals surface area contributed by atoms with Crippen molar-refractivity contribution in [3.8, 4) is 0 Å². The Morgan fingerprint density at radius 3 is 2.68 bits per heavy atom. The molecule has 0 aromatic heterocycles. The first-order valence-corrected chi connectivity index (χ1v) is 8.61. The fourth-order valence-corrected chi connectivity index (χ4v) is 3.29. The highest BCUT2D eigenvalue weighted by Gasteiger charge is 2.37. The van der Waals surface area contributed by atoms with Gasteiger partial charge >= 0.3 is 5.97 Å². The van der Waals surface area contributed by atoms with Gasteiger partial charge in [0.25, 0.3) is 5.91 Å². The third-order valence-electron chi connectivity index (χ3n) is 4.79. The summed E-state index contributed by atoms with van der Waals surface area (Å²) < 4.78 is 0. The Bertz CT molecular complexity index is 656. The molecule has 1 amide bonds. The number of nitrogens with one attached hydrogen (secondary N) is 1. The normalized spacial score (nSPS) is 25.0. The lowest BCUT2D eigenvalue weighted by molar-refractivity contribution is -0.140. The number of carboxylic acids is 1. The van der Waals surface area contributed by atoms with Gasteiger partial charge in [0, 0.05) is 18.5 Å². The number of carbonyl (C=O) groups is 2. The maximum absolute atomic E-state index is 12.3. The van der Waals surface area contributed by atoms with E-state index in [0.717, 1.165) is 24.1 Å². The number of benzene rings is 1. The Kier molecular flexibility index (Phi) is 5.33. The van der Waals surface area contributed by atoms with Crippen molar-refractivity contribution in [1.29, 1.82) is 0 Å². The summed E-state index contributed by atoms with van der Waals surface area (Å²) in [5.41, 5.74) is 1.75. The Labute approximate surface area is 146 Å². The van der Waals surface area contributed by atoms with Crippen molar-refractivity contribution < 1.29 is 19.5 Å². The summed E-state index contributed by atoms with van der Waals surface area (Å²) in [6.07, 6.45) is 1.42. The van der Waals surface area contributed by atoms with Gasteiger partial charge in [-0.05, 0) is 24.9 Å². The SMILES string of the molecule is CCN(CC(=O)O)C1CC(NC(=O)C2CC(c3ccccc3)=NO2)C1. The average molecular weight is 345 g/mol. The zero-order chi connectivity index (χ0) is 17.8. The molecule has 1 aliphatic carbocycles. The Morgan fingerprint density at radius 1 is 1.32 bits per heavy atom. The number of carbonyl (C=O) groups excluding carboxylic acids is 1. The molecule has 1 aromatic rings. The first-order valence-electron chi connectivity index (χ1n) is 8.61. The Balaban J connectivity index is 1.44. The number of amides is 1. The summed E-state index contributed by atoms with van der Waals surface area (Å²) in [6.45, 7) is 2.68. The standard InChI is InChI=1S/C18H23N3O4/c1-2-21(11-17(22)23)14-8-13(9-14)19-18(24)16-10-15(20-25-16)12-6-4-3-5-7-12/h3-7,13-14,16H,2,8-11H2,1H3,(H,19,24)(H,22,23). The molecule has 134 valence electrons. The van der Waals surface area contributed by atoms with Crippen LogP contribution in [0.15, 0.2) is 35.5 Å². The summed E-state index contributed by atoms with van der Waals surface area (Å²) in [7, 11) is 0. The van der Waals surface area contributed by atoms with Crippen LogP contribution in [0.4, 0.5) is 0 Å². The van der Waals surface area contributed by atoms with E-state index in [0.29, 0.717) is 13.0 Å². The highest BCUT2D eigenvalue weighted by molar-refractivity contribution is 6.04. The number of aliphatic carboxylic acids is 1. The van der Waals surface area contributed by atoms with E-state index in [1.165, 1.54) is 0 Å². The molecule has 1 aromatic carbocycles. The van der Waals surface area contributed by atoms with Gasteiger partial charge in [0.05, 0.1) is 12.3 Å². The number of hydrogen-bond acceptors (Lipinski definition) is 5. The molecule has 2 N–H and O–H groups in total. The zero-order valence-electron chi connectivity index (χ0n) is 14.2. The highest BCUT2D eigenvalue weighted by Crippen LogP contribution is 2.26. The molecule has 7 nitrogen and oxygen atoms in total. The largest absolute Gasteiger partial charge is 0.480 e. The van der Waals surface area contributed by atoms with E-state index in [-0.39, 0.29) is 24.5 Å². The number of carboxylic acid groups (broad SMARTS) is 1. The molecule has 25 heavy (non-hydrogen) atoms. The van der Waals surface area contributed by atoms with Gasteiger partial charge in [-0.1, -0.05) is 42.4 Å². The first-order chi connectivity index (χ1) is 12.1. The van der Waals surface area contributed by atoms with E-state index in [9.17, 15) is 9.59 Å². The Morgan fingerprint density at radius 2 is 2.04 bits per heavy atom. The molecule has 2 aliphatic rings. The van der Waals surface area contributed by atoms with Gasteiger partial charge < -0.3 is 15.3 Å². The minimum Gasteiger partial charge on any atom is -0.480 e. The number of oxime groups is 1. The summed E-state index contributed by atoms with van der Waals surface area (Å²) in [5, 5.41) is 15.9. The van der Waals surface area contributed by atoms with Crippen LogP contribution in [-0.4, -0.2) is 58.9 Å². The minimum absolute atomic E-state index is 0.0435. The number of rotatable bonds is 7. The maximum Gasteiger partial charge on any atom is 0.317 e. The monoisotopic (exact) mass is 345 g/mol. The lowest BCUT2D eigenvalue weighted by Crippen LogP contribution is -2.56. The number of hydrogen-bond donors (Lipinski definition) is 2. The molecule has 1 aliphatic heterocycles. The average Bonchev–Trinajstić information content (AvgIpc) is 3.06. The molecule has 0 bridgehead atoms. The van der Waals surface area contributed by atoms with E-state index in [4.69, 9.17) is 9.94 Å². The third kappa shape index (κ3) is 4.17. The highest BCUT2D eigenvalue weighted by atomic mass is 16.6. The van der Waals surface area contributed by atoms with Gasteiger partial charge in [-0.2, -0.15) is 0 Å². The van der Waals surface area contributed by atoms with E-state index in [1.54, 1.807) is 0 Å². The number of nitrogens with zero attached hydrogens (tertiary/aromatic N) is 2. The van der Waals surface area contributed by atoms with E-state index < -0.39 is 12.1 Å². The molecular formula is C18H23N3O4. The lowest BCUT2D eigenvalue weighted by atomic mass is 9.85. The summed E-state index contributed by atoms with van der Waals surface area (Å²) in [4.78, 5) is 30.4. The smallest absolute Gasteiger partial charge is 0.317 e. The second-order valence-electron chi connectivity index (χ2n) is 6.49. The predicted molar refractivity (Wildman–Crippen MR) is 92.3 cm³/mol. The predicted octanol–water partition coefficient (Wildman–Crippen LogP) is 1.23. The molecule has 1 unspecified atom stereocenters. The molecule has 7 heteroatoms. The molecule has 0 saturated heterocycles. The van der Waals surface area contributed by atoms with E-state index >= 15 is 0 Å². The van der Waals surface area contributed by atoms with Gasteiger partial charge in [0.1, 0.15) is 0 Å². The number of likely N-dealkylation sites (N-methyl/N-ethyl adjacent to an activating group) is 1. The minimum atomic E-state index is -0.820. The van der Waals surface area contributed by atoms with Crippen molar-refractivity contribution >= 4 is 17.6 Å². The van der Waals surface area contributed by atoms with Crippen LogP contribution in [0.25, 0.3) is 0 Å². The van der Waals surface area contributed by atoms with Crippen LogP contribution in [0.3, 0.4) is 0 Å². The van der Waals surface area contributed by atoms with Crippen LogP contribution in [0.2, 0.25) is 0 Å². The van der Waals surface area contributed by atoms with Crippen LogP contribution in [-0.2, 0) is 14.4 Å². The molecule has 1 saturated carbocycles. The first kappa shape index (κ1) is 17.4. The van der Waals surface area contributed by atoms with Crippen LogP contribution < -0.4 is 5.32 Å². The van der Waals surface area contributed by atoms with E-state index in [2.05, 4.69) is 10.5 Å². The second kappa shape index (κ2) is 7.65. The van der Waals surface area contributed by atoms with Crippen LogP contribution >= 0.6 is 0 Å². The molecule has 0 spiro atoms. The summed E-state index contributed by atoms with van der Waals surface area (Å²) in [5.74, 6) is -0.973. The second-order valence-corrected chi connectivity index (χ2v) is 6.49. The maximum atomic E-state index is 12.3. The van der Waals surface area contributed by atoms with Crippen molar-refractivity contribution in [2.45, 2.75) is 44.4 Å². The van der Waals surface area contributed by atoms with Crippen LogP contribution in [0.5, 0.6) is 0 Å². The van der Waals surface area contributed by atoms with Crippen molar-refractivity contribution in [1.82, 2.24) is 10.2 Å². The quantitative estimate of drug-likeness (QED) is 0.776. The third-order valence-corrected chi connectivity index (χ3v) is 4.79. The molecule has 1 fully saturated rings. The molecule has 0 radical (unpaired) electrons. The van der Waals surface area contributed by atoms with Gasteiger partial charge in [0.2, 0.25) is 6.10 Å². The van der Waals surface area contributed by atoms with Crippen molar-refractivity contribution in [3.05, 3.63) is 35.9 Å². The van der Waals surface area contributed by atoms with Gasteiger partial charge in [-0.25, -0.2) is 0 Å². The van der Waals surface area contributed by atoms with Gasteiger partial charge in [0.15, 0.2) is 0 Å². The lowest BCUT2D eigenvalue weighted by Gasteiger charge is -2.42. The van der Waals surface area contributed by atoms with Crippen molar-refractivity contribution in [3.63, 3.8) is 0 Å². The molecule has 1 atom stereocenters.